The summed E-state index contributed by atoms with van der Waals surface area (Å²) in [5.74, 6) is 0. The van der Waals surface area contributed by atoms with Crippen LogP contribution in [0.4, 0.5) is 0 Å². The molecule has 1 aliphatic heterocycles. The SMILES string of the molecule is CN(C)CCCN1CCCC1CCCN. The molecule has 3 heteroatoms. The third-order valence-electron chi connectivity index (χ3n) is 3.29. The largest absolute Gasteiger partial charge is 0.330 e. The van der Waals surface area contributed by atoms with Crippen LogP contribution in [0.25, 0.3) is 0 Å². The van der Waals surface area contributed by atoms with E-state index in [0.717, 1.165) is 12.6 Å². The maximum absolute atomic E-state index is 5.57. The van der Waals surface area contributed by atoms with Crippen molar-refractivity contribution in [1.29, 1.82) is 0 Å². The van der Waals surface area contributed by atoms with Gasteiger partial charge < -0.3 is 15.5 Å². The lowest BCUT2D eigenvalue weighted by Crippen LogP contribution is -2.32. The van der Waals surface area contributed by atoms with E-state index >= 15 is 0 Å². The Balaban J connectivity index is 2.15. The van der Waals surface area contributed by atoms with E-state index in [9.17, 15) is 0 Å². The fourth-order valence-electron chi connectivity index (χ4n) is 2.46. The molecule has 0 amide bonds. The van der Waals surface area contributed by atoms with E-state index in [-0.39, 0.29) is 0 Å². The lowest BCUT2D eigenvalue weighted by Gasteiger charge is -2.24. The zero-order chi connectivity index (χ0) is 11.1. The third kappa shape index (κ3) is 4.96. The number of likely N-dealkylation sites (tertiary alicyclic amines) is 1. The molecule has 2 N–H and O–H groups in total. The first-order valence-corrected chi connectivity index (χ1v) is 6.33. The molecule has 15 heavy (non-hydrogen) atoms. The molecule has 0 aromatic heterocycles. The number of nitrogens with zero attached hydrogens (tertiary/aromatic N) is 2. The predicted molar refractivity (Wildman–Crippen MR) is 66.1 cm³/mol. The van der Waals surface area contributed by atoms with Gasteiger partial charge in [-0.05, 0) is 72.4 Å². The summed E-state index contributed by atoms with van der Waals surface area (Å²) < 4.78 is 0. The third-order valence-corrected chi connectivity index (χ3v) is 3.29. The van der Waals surface area contributed by atoms with Gasteiger partial charge in [0.2, 0.25) is 0 Å². The van der Waals surface area contributed by atoms with Gasteiger partial charge in [0, 0.05) is 6.04 Å². The highest BCUT2D eigenvalue weighted by molar-refractivity contribution is 4.79. The zero-order valence-corrected chi connectivity index (χ0v) is 10.4. The first kappa shape index (κ1) is 12.9. The van der Waals surface area contributed by atoms with Crippen molar-refractivity contribution >= 4 is 0 Å². The van der Waals surface area contributed by atoms with Crippen molar-refractivity contribution < 1.29 is 0 Å². The Labute approximate surface area is 94.6 Å². The van der Waals surface area contributed by atoms with Gasteiger partial charge in [0.15, 0.2) is 0 Å². The van der Waals surface area contributed by atoms with Crippen molar-refractivity contribution in [2.75, 3.05) is 40.3 Å². The fraction of sp³-hybridized carbons (Fsp3) is 1.00. The number of hydrogen-bond acceptors (Lipinski definition) is 3. The average molecular weight is 213 g/mol. The Bertz CT molecular complexity index is 159. The van der Waals surface area contributed by atoms with Crippen LogP contribution in [0.5, 0.6) is 0 Å². The zero-order valence-electron chi connectivity index (χ0n) is 10.4. The van der Waals surface area contributed by atoms with Gasteiger partial charge in [-0.3, -0.25) is 0 Å². The predicted octanol–water partition coefficient (Wildman–Crippen LogP) is 1.14. The summed E-state index contributed by atoms with van der Waals surface area (Å²) in [7, 11) is 4.30. The van der Waals surface area contributed by atoms with Crippen molar-refractivity contribution in [2.24, 2.45) is 5.73 Å². The average Bonchev–Trinajstić information content (AvgIpc) is 2.62. The van der Waals surface area contributed by atoms with Crippen molar-refractivity contribution in [1.82, 2.24) is 9.80 Å². The topological polar surface area (TPSA) is 32.5 Å². The molecule has 0 saturated carbocycles. The molecule has 1 fully saturated rings. The summed E-state index contributed by atoms with van der Waals surface area (Å²) in [6, 6.07) is 0.829. The van der Waals surface area contributed by atoms with Crippen LogP contribution in [0.2, 0.25) is 0 Å². The molecule has 1 rings (SSSR count). The van der Waals surface area contributed by atoms with Crippen LogP contribution < -0.4 is 5.73 Å². The second kappa shape index (κ2) is 7.20. The van der Waals surface area contributed by atoms with Gasteiger partial charge in [-0.25, -0.2) is 0 Å². The van der Waals surface area contributed by atoms with Crippen LogP contribution in [0.15, 0.2) is 0 Å². The Morgan fingerprint density at radius 1 is 1.33 bits per heavy atom. The summed E-state index contributed by atoms with van der Waals surface area (Å²) in [5, 5.41) is 0. The fourth-order valence-corrected chi connectivity index (χ4v) is 2.46. The lowest BCUT2D eigenvalue weighted by atomic mass is 10.1. The van der Waals surface area contributed by atoms with Gasteiger partial charge in [-0.15, -0.1) is 0 Å². The lowest BCUT2D eigenvalue weighted by molar-refractivity contribution is 0.227. The Kier molecular flexibility index (Phi) is 6.22. The number of nitrogens with two attached hydrogens (primary N) is 1. The van der Waals surface area contributed by atoms with Crippen LogP contribution in [-0.2, 0) is 0 Å². The molecule has 1 saturated heterocycles. The van der Waals surface area contributed by atoms with Crippen LogP contribution in [0, 0.1) is 0 Å². The monoisotopic (exact) mass is 213 g/mol. The highest BCUT2D eigenvalue weighted by atomic mass is 15.2. The maximum Gasteiger partial charge on any atom is 0.00962 e. The quantitative estimate of drug-likeness (QED) is 0.688. The van der Waals surface area contributed by atoms with Gasteiger partial charge in [0.05, 0.1) is 0 Å². The summed E-state index contributed by atoms with van der Waals surface area (Å²) in [5.41, 5.74) is 5.57. The molecule has 1 atom stereocenters. The minimum Gasteiger partial charge on any atom is -0.330 e. The highest BCUT2D eigenvalue weighted by Crippen LogP contribution is 2.21. The Morgan fingerprint density at radius 3 is 2.80 bits per heavy atom. The highest BCUT2D eigenvalue weighted by Gasteiger charge is 2.22. The molecule has 0 aliphatic carbocycles. The molecule has 90 valence electrons. The van der Waals surface area contributed by atoms with Gasteiger partial charge in [-0.2, -0.15) is 0 Å². The molecule has 1 aliphatic rings. The van der Waals surface area contributed by atoms with Gasteiger partial charge >= 0.3 is 0 Å². The maximum atomic E-state index is 5.57. The molecule has 3 nitrogen and oxygen atoms in total. The Morgan fingerprint density at radius 2 is 2.13 bits per heavy atom. The van der Waals surface area contributed by atoms with E-state index in [0.29, 0.717) is 0 Å². The summed E-state index contributed by atoms with van der Waals surface area (Å²) in [6.45, 7) is 4.64. The van der Waals surface area contributed by atoms with Gasteiger partial charge in [0.25, 0.3) is 0 Å². The molecule has 0 bridgehead atoms. The van der Waals surface area contributed by atoms with Crippen LogP contribution in [0.3, 0.4) is 0 Å². The molecule has 1 unspecified atom stereocenters. The first-order chi connectivity index (χ1) is 7.24. The normalized spacial score (nSPS) is 22.8. The van der Waals surface area contributed by atoms with Gasteiger partial charge in [0.1, 0.15) is 0 Å². The summed E-state index contributed by atoms with van der Waals surface area (Å²) in [4.78, 5) is 4.93. The molecular formula is C12H27N3. The molecular weight excluding hydrogens is 186 g/mol. The first-order valence-electron chi connectivity index (χ1n) is 6.33. The van der Waals surface area contributed by atoms with E-state index < -0.39 is 0 Å². The second-order valence-electron chi connectivity index (χ2n) is 4.92. The summed E-state index contributed by atoms with van der Waals surface area (Å²) in [6.07, 6.45) is 6.57. The second-order valence-corrected chi connectivity index (χ2v) is 4.92. The van der Waals surface area contributed by atoms with Crippen LogP contribution in [-0.4, -0.2) is 56.1 Å². The molecule has 0 aromatic carbocycles. The van der Waals surface area contributed by atoms with Crippen molar-refractivity contribution in [2.45, 2.75) is 38.1 Å². The van der Waals surface area contributed by atoms with E-state index in [4.69, 9.17) is 5.73 Å². The number of hydrogen-bond donors (Lipinski definition) is 1. The van der Waals surface area contributed by atoms with Gasteiger partial charge in [-0.1, -0.05) is 0 Å². The molecule has 1 heterocycles. The standard InChI is InChI=1S/C12H27N3/c1-14(2)9-5-11-15-10-4-7-12(15)6-3-8-13/h12H,3-11,13H2,1-2H3. The minimum atomic E-state index is 0.829. The Hall–Kier alpha value is -0.120. The van der Waals surface area contributed by atoms with E-state index in [1.807, 2.05) is 0 Å². The van der Waals surface area contributed by atoms with Crippen LogP contribution in [0.1, 0.15) is 32.1 Å². The van der Waals surface area contributed by atoms with Crippen LogP contribution >= 0.6 is 0 Å². The smallest absolute Gasteiger partial charge is 0.00962 e. The van der Waals surface area contributed by atoms with E-state index in [2.05, 4.69) is 23.9 Å². The van der Waals surface area contributed by atoms with Crippen molar-refractivity contribution in [3.8, 4) is 0 Å². The van der Waals surface area contributed by atoms with E-state index in [1.165, 1.54) is 51.7 Å². The van der Waals surface area contributed by atoms with E-state index in [1.54, 1.807) is 0 Å². The molecule has 0 radical (unpaired) electrons. The van der Waals surface area contributed by atoms with Crippen molar-refractivity contribution in [3.63, 3.8) is 0 Å². The van der Waals surface area contributed by atoms with Crippen molar-refractivity contribution in [3.05, 3.63) is 0 Å². The molecule has 0 aromatic rings. The number of rotatable bonds is 7. The molecule has 0 spiro atoms. The minimum absolute atomic E-state index is 0.829. The summed E-state index contributed by atoms with van der Waals surface area (Å²) >= 11 is 0.